The Hall–Kier alpha value is -1.93. The van der Waals surface area contributed by atoms with Gasteiger partial charge in [0.05, 0.1) is 5.56 Å². The van der Waals surface area contributed by atoms with E-state index in [2.05, 4.69) is 0 Å². The van der Waals surface area contributed by atoms with Gasteiger partial charge < -0.3 is 10.6 Å². The van der Waals surface area contributed by atoms with Crippen LogP contribution in [0, 0.1) is 0 Å². The van der Waals surface area contributed by atoms with E-state index in [-0.39, 0.29) is 34.5 Å². The summed E-state index contributed by atoms with van der Waals surface area (Å²) < 4.78 is 25.6. The van der Waals surface area contributed by atoms with E-state index in [1.807, 2.05) is 0 Å². The second kappa shape index (κ2) is 5.61. The zero-order valence-corrected chi connectivity index (χ0v) is 13.7. The number of nitrogens with zero attached hydrogens (tertiary/aromatic N) is 2. The van der Waals surface area contributed by atoms with Crippen molar-refractivity contribution < 1.29 is 18.0 Å². The molecule has 1 atom stereocenters. The first-order chi connectivity index (χ1) is 10.9. The number of carbonyl (C=O) groups is 2. The molecule has 2 heterocycles. The van der Waals surface area contributed by atoms with Crippen molar-refractivity contribution in [2.24, 2.45) is 5.73 Å². The molecule has 1 aromatic carbocycles. The van der Waals surface area contributed by atoms with E-state index >= 15 is 0 Å². The molecule has 2 N–H and O–H groups in total. The fraction of sp³-hybridized carbons (Fsp3) is 0.467. The number of likely N-dealkylation sites (tertiary alicyclic amines) is 1. The van der Waals surface area contributed by atoms with Gasteiger partial charge in [-0.05, 0) is 38.0 Å². The predicted molar refractivity (Wildman–Crippen MR) is 83.5 cm³/mol. The maximum absolute atomic E-state index is 12.6. The van der Waals surface area contributed by atoms with Crippen LogP contribution in [0.4, 0.5) is 0 Å². The van der Waals surface area contributed by atoms with Crippen molar-refractivity contribution >= 4 is 21.8 Å². The molecule has 2 aliphatic rings. The summed E-state index contributed by atoms with van der Waals surface area (Å²) in [4.78, 5) is 26.2. The molecule has 0 aromatic heterocycles. The normalized spacial score (nSPS) is 23.0. The monoisotopic (exact) mass is 337 g/mol. The maximum Gasteiger partial charge on any atom is 0.268 e. The molecule has 0 aliphatic carbocycles. The van der Waals surface area contributed by atoms with Gasteiger partial charge in [0.1, 0.15) is 4.90 Å². The van der Waals surface area contributed by atoms with E-state index in [9.17, 15) is 18.0 Å². The Morgan fingerprint density at radius 3 is 2.78 bits per heavy atom. The van der Waals surface area contributed by atoms with Gasteiger partial charge in [-0.15, -0.1) is 0 Å². The number of nitrogens with two attached hydrogens (primary N) is 1. The molecule has 7 nitrogen and oxygen atoms in total. The Morgan fingerprint density at radius 2 is 2.13 bits per heavy atom. The van der Waals surface area contributed by atoms with Crippen LogP contribution in [0.3, 0.4) is 0 Å². The Labute approximate surface area is 135 Å². The van der Waals surface area contributed by atoms with Gasteiger partial charge >= 0.3 is 0 Å². The highest BCUT2D eigenvalue weighted by Gasteiger charge is 2.40. The van der Waals surface area contributed by atoms with Crippen LogP contribution >= 0.6 is 0 Å². The standard InChI is InChI=1S/C15H19N3O4S/c1-2-18-15(20)12-6-5-10(8-13(12)23(18,21)22)14(19)17-7-3-4-11(16)9-17/h5-6,8,11H,2-4,7,9,16H2,1H3. The van der Waals surface area contributed by atoms with Crippen molar-refractivity contribution in [3.8, 4) is 0 Å². The van der Waals surface area contributed by atoms with Gasteiger partial charge in [-0.25, -0.2) is 12.7 Å². The van der Waals surface area contributed by atoms with Gasteiger partial charge in [0, 0.05) is 31.2 Å². The Morgan fingerprint density at radius 1 is 1.39 bits per heavy atom. The molecule has 124 valence electrons. The highest BCUT2D eigenvalue weighted by molar-refractivity contribution is 7.90. The van der Waals surface area contributed by atoms with Gasteiger partial charge in [0.15, 0.2) is 0 Å². The summed E-state index contributed by atoms with van der Waals surface area (Å²) in [6, 6.07) is 4.18. The number of fused-ring (bicyclic) bond motifs is 1. The first kappa shape index (κ1) is 15.9. The van der Waals surface area contributed by atoms with Crippen molar-refractivity contribution in [3.05, 3.63) is 29.3 Å². The minimum absolute atomic E-state index is 0.0528. The first-order valence-corrected chi connectivity index (χ1v) is 9.06. The minimum Gasteiger partial charge on any atom is -0.337 e. The van der Waals surface area contributed by atoms with Crippen molar-refractivity contribution in [1.29, 1.82) is 0 Å². The lowest BCUT2D eigenvalue weighted by molar-refractivity contribution is 0.0708. The molecule has 0 spiro atoms. The largest absolute Gasteiger partial charge is 0.337 e. The molecular weight excluding hydrogens is 318 g/mol. The molecule has 0 bridgehead atoms. The van der Waals surface area contributed by atoms with E-state index in [1.54, 1.807) is 11.8 Å². The number of hydrogen-bond donors (Lipinski definition) is 1. The lowest BCUT2D eigenvalue weighted by atomic mass is 10.0. The number of benzene rings is 1. The molecule has 0 saturated carbocycles. The molecular formula is C15H19N3O4S. The van der Waals surface area contributed by atoms with E-state index in [0.717, 1.165) is 17.1 Å². The summed E-state index contributed by atoms with van der Waals surface area (Å²) >= 11 is 0. The van der Waals surface area contributed by atoms with Crippen molar-refractivity contribution in [2.45, 2.75) is 30.7 Å². The third-order valence-corrected chi connectivity index (χ3v) is 6.18. The molecule has 2 amide bonds. The molecule has 2 aliphatic heterocycles. The number of sulfonamides is 1. The van der Waals surface area contributed by atoms with Gasteiger partial charge in [0.2, 0.25) is 0 Å². The molecule has 1 unspecified atom stereocenters. The highest BCUT2D eigenvalue weighted by atomic mass is 32.2. The summed E-state index contributed by atoms with van der Waals surface area (Å²) in [5.74, 6) is -0.790. The third kappa shape index (κ3) is 2.51. The second-order valence-electron chi connectivity index (χ2n) is 5.84. The van der Waals surface area contributed by atoms with Crippen LogP contribution in [0.5, 0.6) is 0 Å². The molecule has 8 heteroatoms. The smallest absolute Gasteiger partial charge is 0.268 e. The molecule has 3 rings (SSSR count). The van der Waals surface area contributed by atoms with Gasteiger partial charge in [-0.2, -0.15) is 0 Å². The topological polar surface area (TPSA) is 101 Å². The zero-order valence-electron chi connectivity index (χ0n) is 12.9. The Balaban J connectivity index is 1.96. The average Bonchev–Trinajstić information content (AvgIpc) is 2.72. The van der Waals surface area contributed by atoms with Crippen molar-refractivity contribution in [3.63, 3.8) is 0 Å². The number of amides is 2. The number of piperidine rings is 1. The number of rotatable bonds is 2. The molecule has 1 aromatic rings. The molecule has 1 saturated heterocycles. The summed E-state index contributed by atoms with van der Waals surface area (Å²) in [6.45, 7) is 2.74. The van der Waals surface area contributed by atoms with E-state index in [4.69, 9.17) is 5.73 Å². The summed E-state index contributed by atoms with van der Waals surface area (Å²) in [7, 11) is -3.85. The SMILES string of the molecule is CCN1C(=O)c2ccc(C(=O)N3CCCC(N)C3)cc2S1(=O)=O. The molecule has 1 fully saturated rings. The van der Waals surface area contributed by atoms with Crippen LogP contribution in [-0.2, 0) is 10.0 Å². The molecule has 0 radical (unpaired) electrons. The van der Waals surface area contributed by atoms with Gasteiger partial charge in [-0.3, -0.25) is 9.59 Å². The van der Waals surface area contributed by atoms with Crippen LogP contribution in [-0.4, -0.2) is 55.1 Å². The minimum atomic E-state index is -3.85. The van der Waals surface area contributed by atoms with E-state index < -0.39 is 15.9 Å². The average molecular weight is 337 g/mol. The van der Waals surface area contributed by atoms with Gasteiger partial charge in [0.25, 0.3) is 21.8 Å². The Kier molecular flexibility index (Phi) is 3.89. The van der Waals surface area contributed by atoms with E-state index in [0.29, 0.717) is 13.1 Å². The van der Waals surface area contributed by atoms with Crippen LogP contribution in [0.25, 0.3) is 0 Å². The number of carbonyl (C=O) groups excluding carboxylic acids is 2. The Bertz CT molecular complexity index is 775. The molecule has 23 heavy (non-hydrogen) atoms. The lowest BCUT2D eigenvalue weighted by Crippen LogP contribution is -2.45. The van der Waals surface area contributed by atoms with Crippen molar-refractivity contribution in [2.75, 3.05) is 19.6 Å². The van der Waals surface area contributed by atoms with Crippen LogP contribution in [0.2, 0.25) is 0 Å². The van der Waals surface area contributed by atoms with Crippen LogP contribution < -0.4 is 5.73 Å². The quantitative estimate of drug-likeness (QED) is 0.842. The predicted octanol–water partition coefficient (Wildman–Crippen LogP) is 0.414. The fourth-order valence-electron chi connectivity index (χ4n) is 3.10. The highest BCUT2D eigenvalue weighted by Crippen LogP contribution is 2.31. The van der Waals surface area contributed by atoms with Crippen LogP contribution in [0.1, 0.15) is 40.5 Å². The first-order valence-electron chi connectivity index (χ1n) is 7.62. The fourth-order valence-corrected chi connectivity index (χ4v) is 4.70. The van der Waals surface area contributed by atoms with Gasteiger partial charge in [-0.1, -0.05) is 0 Å². The number of hydrogen-bond acceptors (Lipinski definition) is 5. The lowest BCUT2D eigenvalue weighted by Gasteiger charge is -2.30. The maximum atomic E-state index is 12.6. The van der Waals surface area contributed by atoms with Crippen LogP contribution in [0.15, 0.2) is 23.1 Å². The zero-order chi connectivity index (χ0) is 16.8. The summed E-state index contributed by atoms with van der Waals surface area (Å²) in [6.07, 6.45) is 1.71. The summed E-state index contributed by atoms with van der Waals surface area (Å²) in [5, 5.41) is 0. The van der Waals surface area contributed by atoms with Crippen molar-refractivity contribution in [1.82, 2.24) is 9.21 Å². The third-order valence-electron chi connectivity index (χ3n) is 4.29. The summed E-state index contributed by atoms with van der Waals surface area (Å²) in [5.41, 5.74) is 6.28. The van der Waals surface area contributed by atoms with E-state index in [1.165, 1.54) is 18.2 Å². The second-order valence-corrected chi connectivity index (χ2v) is 7.67.